The monoisotopic (exact) mass is 230 g/mol. The number of aliphatic carboxylic acids is 1. The minimum Gasteiger partial charge on any atom is -0.481 e. The van der Waals surface area contributed by atoms with Crippen LogP contribution in [-0.2, 0) is 4.79 Å². The maximum Gasteiger partial charge on any atom is 0.309 e. The fraction of sp³-hybridized carbons (Fsp3) is 0.909. The molecule has 3 nitrogen and oxygen atoms in total. The molecule has 4 fully saturated rings. The number of rotatable bonds is 1. The van der Waals surface area contributed by atoms with E-state index in [1.165, 1.54) is 0 Å². The van der Waals surface area contributed by atoms with Gasteiger partial charge in [0, 0.05) is 4.87 Å². The summed E-state index contributed by atoms with van der Waals surface area (Å²) < 4.78 is 0. The van der Waals surface area contributed by atoms with E-state index in [-0.39, 0.29) is 0 Å². The standard InChI is InChI=1S/C11H15ClO3/c12-10-2-7-1-9(4-10,8(13)14)5-11(15,3-7)6-10/h7,15H,1-6H2,(H,13,14). The summed E-state index contributed by atoms with van der Waals surface area (Å²) in [6.45, 7) is 0. The second-order valence-corrected chi connectivity index (χ2v) is 6.77. The third kappa shape index (κ3) is 1.26. The van der Waals surface area contributed by atoms with Gasteiger partial charge < -0.3 is 10.2 Å². The molecule has 4 unspecified atom stereocenters. The van der Waals surface area contributed by atoms with E-state index < -0.39 is 21.9 Å². The van der Waals surface area contributed by atoms with Gasteiger partial charge >= 0.3 is 5.97 Å². The van der Waals surface area contributed by atoms with Crippen LogP contribution in [0.3, 0.4) is 0 Å². The van der Waals surface area contributed by atoms with E-state index in [9.17, 15) is 15.0 Å². The number of carboxylic acid groups (broad SMARTS) is 1. The van der Waals surface area contributed by atoms with Crippen molar-refractivity contribution in [3.05, 3.63) is 0 Å². The third-order valence-corrected chi connectivity index (χ3v) is 4.85. The first-order valence-electron chi connectivity index (χ1n) is 5.50. The van der Waals surface area contributed by atoms with Gasteiger partial charge in [-0.05, 0) is 44.4 Å². The van der Waals surface area contributed by atoms with Crippen LogP contribution in [0.4, 0.5) is 0 Å². The van der Waals surface area contributed by atoms with Gasteiger partial charge in [-0.3, -0.25) is 4.79 Å². The Balaban J connectivity index is 2.05. The molecule has 0 aromatic rings. The molecule has 4 atom stereocenters. The first-order valence-corrected chi connectivity index (χ1v) is 5.88. The Morgan fingerprint density at radius 3 is 2.47 bits per heavy atom. The number of carbonyl (C=O) groups is 1. The van der Waals surface area contributed by atoms with Gasteiger partial charge in [-0.25, -0.2) is 0 Å². The van der Waals surface area contributed by atoms with Gasteiger partial charge in [0.2, 0.25) is 0 Å². The van der Waals surface area contributed by atoms with Crippen molar-refractivity contribution < 1.29 is 15.0 Å². The summed E-state index contributed by atoms with van der Waals surface area (Å²) in [6.07, 6.45) is 3.85. The second-order valence-electron chi connectivity index (χ2n) is 5.97. The Morgan fingerprint density at radius 2 is 1.93 bits per heavy atom. The average molecular weight is 231 g/mol. The SMILES string of the molecule is O=C(O)C12CC3CC(O)(CC(Cl)(C3)C1)C2. The van der Waals surface area contributed by atoms with Crippen LogP contribution in [0.25, 0.3) is 0 Å². The van der Waals surface area contributed by atoms with Crippen LogP contribution in [0.5, 0.6) is 0 Å². The highest BCUT2D eigenvalue weighted by atomic mass is 35.5. The zero-order valence-electron chi connectivity index (χ0n) is 8.50. The van der Waals surface area contributed by atoms with E-state index in [2.05, 4.69) is 0 Å². The van der Waals surface area contributed by atoms with E-state index >= 15 is 0 Å². The Hall–Kier alpha value is -0.280. The Morgan fingerprint density at radius 1 is 1.20 bits per heavy atom. The molecule has 0 aliphatic heterocycles. The molecule has 0 aromatic heterocycles. The molecule has 4 aliphatic carbocycles. The van der Waals surface area contributed by atoms with Crippen molar-refractivity contribution in [2.45, 2.75) is 49.0 Å². The normalized spacial score (nSPS) is 57.1. The van der Waals surface area contributed by atoms with Crippen LogP contribution in [-0.4, -0.2) is 26.7 Å². The smallest absolute Gasteiger partial charge is 0.309 e. The molecule has 4 heteroatoms. The second kappa shape index (κ2) is 2.51. The minimum atomic E-state index is -0.806. The number of hydrogen-bond donors (Lipinski definition) is 2. The van der Waals surface area contributed by atoms with Gasteiger partial charge in [0.05, 0.1) is 11.0 Å². The minimum absolute atomic E-state index is 0.305. The summed E-state index contributed by atoms with van der Waals surface area (Å²) >= 11 is 6.43. The molecule has 0 heterocycles. The fourth-order valence-corrected chi connectivity index (χ4v) is 5.23. The summed E-state index contributed by atoms with van der Waals surface area (Å²) in [6, 6.07) is 0. The van der Waals surface area contributed by atoms with Crippen LogP contribution in [0.2, 0.25) is 0 Å². The average Bonchev–Trinajstić information content (AvgIpc) is 1.95. The van der Waals surface area contributed by atoms with Crippen molar-refractivity contribution in [3.8, 4) is 0 Å². The van der Waals surface area contributed by atoms with Crippen LogP contribution >= 0.6 is 11.6 Å². The highest BCUT2D eigenvalue weighted by molar-refractivity contribution is 6.24. The maximum absolute atomic E-state index is 11.4. The Labute approximate surface area is 93.4 Å². The van der Waals surface area contributed by atoms with Crippen molar-refractivity contribution in [3.63, 3.8) is 0 Å². The number of carboxylic acids is 1. The van der Waals surface area contributed by atoms with Crippen molar-refractivity contribution in [2.75, 3.05) is 0 Å². The van der Waals surface area contributed by atoms with Gasteiger partial charge in [0.1, 0.15) is 0 Å². The summed E-state index contributed by atoms with van der Waals surface area (Å²) in [5, 5.41) is 19.7. The molecule has 4 bridgehead atoms. The number of halogens is 1. The van der Waals surface area contributed by atoms with Crippen molar-refractivity contribution in [2.24, 2.45) is 11.3 Å². The lowest BCUT2D eigenvalue weighted by Crippen LogP contribution is -2.63. The van der Waals surface area contributed by atoms with Crippen LogP contribution in [0.15, 0.2) is 0 Å². The van der Waals surface area contributed by atoms with E-state index in [1.807, 2.05) is 0 Å². The lowest BCUT2D eigenvalue weighted by Gasteiger charge is -2.61. The molecular formula is C11H15ClO3. The quantitative estimate of drug-likeness (QED) is 0.675. The van der Waals surface area contributed by atoms with E-state index in [0.29, 0.717) is 31.6 Å². The van der Waals surface area contributed by atoms with Crippen LogP contribution in [0, 0.1) is 11.3 Å². The topological polar surface area (TPSA) is 57.5 Å². The van der Waals surface area contributed by atoms with E-state index in [4.69, 9.17) is 11.6 Å². The number of aliphatic hydroxyl groups is 1. The van der Waals surface area contributed by atoms with Gasteiger partial charge in [-0.2, -0.15) is 0 Å². The van der Waals surface area contributed by atoms with Gasteiger partial charge in [-0.1, -0.05) is 0 Å². The molecule has 0 radical (unpaired) electrons. The van der Waals surface area contributed by atoms with E-state index in [0.717, 1.165) is 12.8 Å². The highest BCUT2D eigenvalue weighted by Gasteiger charge is 2.65. The molecule has 0 saturated heterocycles. The molecular weight excluding hydrogens is 216 g/mol. The van der Waals surface area contributed by atoms with Crippen molar-refractivity contribution >= 4 is 17.6 Å². The van der Waals surface area contributed by atoms with Crippen molar-refractivity contribution in [1.82, 2.24) is 0 Å². The molecule has 84 valence electrons. The predicted molar refractivity (Wildman–Crippen MR) is 54.8 cm³/mol. The first-order chi connectivity index (χ1) is 6.85. The molecule has 4 rings (SSSR count). The lowest BCUT2D eigenvalue weighted by atomic mass is 9.47. The Kier molecular flexibility index (Phi) is 1.66. The molecule has 0 spiro atoms. The largest absolute Gasteiger partial charge is 0.481 e. The van der Waals surface area contributed by atoms with Crippen LogP contribution < -0.4 is 0 Å². The predicted octanol–water partition coefficient (Wildman–Crippen LogP) is 1.76. The molecule has 2 N–H and O–H groups in total. The molecule has 15 heavy (non-hydrogen) atoms. The lowest BCUT2D eigenvalue weighted by molar-refractivity contribution is -0.187. The van der Waals surface area contributed by atoms with Gasteiger partial charge in [0.15, 0.2) is 0 Å². The molecule has 0 aromatic carbocycles. The third-order valence-electron chi connectivity index (χ3n) is 4.42. The van der Waals surface area contributed by atoms with Crippen LogP contribution in [0.1, 0.15) is 38.5 Å². The molecule has 0 amide bonds. The Bertz CT molecular complexity index is 323. The summed E-state index contributed by atoms with van der Waals surface area (Å²) in [5.41, 5.74) is -1.55. The summed E-state index contributed by atoms with van der Waals surface area (Å²) in [7, 11) is 0. The molecule has 4 aliphatic rings. The zero-order valence-corrected chi connectivity index (χ0v) is 9.26. The number of alkyl halides is 1. The summed E-state index contributed by atoms with van der Waals surface area (Å²) in [4.78, 5) is 10.9. The van der Waals surface area contributed by atoms with Crippen molar-refractivity contribution in [1.29, 1.82) is 0 Å². The maximum atomic E-state index is 11.4. The van der Waals surface area contributed by atoms with Gasteiger partial charge in [-0.15, -0.1) is 11.6 Å². The molecule has 4 saturated carbocycles. The zero-order chi connectivity index (χ0) is 10.9. The first kappa shape index (κ1) is 9.91. The van der Waals surface area contributed by atoms with Gasteiger partial charge in [0.25, 0.3) is 0 Å². The summed E-state index contributed by atoms with van der Waals surface area (Å²) in [5.74, 6) is -0.463. The fourth-order valence-electron chi connectivity index (χ4n) is 4.51. The highest BCUT2D eigenvalue weighted by Crippen LogP contribution is 2.65. The number of hydrogen-bond acceptors (Lipinski definition) is 2. The van der Waals surface area contributed by atoms with E-state index in [1.54, 1.807) is 0 Å².